The van der Waals surface area contributed by atoms with Crippen LogP contribution in [-0.2, 0) is 0 Å². The average Bonchev–Trinajstić information content (AvgIpc) is 2.39. The van der Waals surface area contributed by atoms with Gasteiger partial charge < -0.3 is 10.5 Å². The number of hydrogen-bond donors (Lipinski definition) is 1. The van der Waals surface area contributed by atoms with Crippen LogP contribution in [0.25, 0.3) is 11.4 Å². The lowest BCUT2D eigenvalue weighted by Gasteiger charge is -2.08. The van der Waals surface area contributed by atoms with Crippen molar-refractivity contribution in [3.8, 4) is 17.4 Å². The van der Waals surface area contributed by atoms with Crippen LogP contribution in [0.15, 0.2) is 18.2 Å². The molecule has 0 spiro atoms. The maximum atomic E-state index is 13.5. The second kappa shape index (κ2) is 5.60. The highest BCUT2D eigenvalue weighted by atomic mass is 19.1. The molecule has 0 amide bonds. The summed E-state index contributed by atoms with van der Waals surface area (Å²) < 4.78 is 18.9. The van der Waals surface area contributed by atoms with Crippen molar-refractivity contribution in [3.05, 3.63) is 29.6 Å². The number of anilines is 1. The van der Waals surface area contributed by atoms with E-state index in [2.05, 4.69) is 15.0 Å². The molecule has 2 rings (SSSR count). The minimum absolute atomic E-state index is 0.0553. The van der Waals surface area contributed by atoms with E-state index in [-0.39, 0.29) is 17.8 Å². The third-order valence-corrected chi connectivity index (χ3v) is 2.58. The van der Waals surface area contributed by atoms with Crippen molar-refractivity contribution in [1.82, 2.24) is 15.0 Å². The number of nitrogen functional groups attached to an aromatic ring is 1. The summed E-state index contributed by atoms with van der Waals surface area (Å²) in [5.41, 5.74) is 6.67. The van der Waals surface area contributed by atoms with Crippen LogP contribution in [0.4, 0.5) is 10.3 Å². The lowest BCUT2D eigenvalue weighted by Crippen LogP contribution is -2.06. The zero-order valence-electron chi connectivity index (χ0n) is 10.9. The van der Waals surface area contributed by atoms with Gasteiger partial charge in [0.25, 0.3) is 0 Å². The Bertz CT molecular complexity index is 589. The fraction of sp³-hybridized carbons (Fsp3) is 0.308. The summed E-state index contributed by atoms with van der Waals surface area (Å²) >= 11 is 0. The summed E-state index contributed by atoms with van der Waals surface area (Å²) in [6.45, 7) is 4.13. The van der Waals surface area contributed by atoms with E-state index in [0.717, 1.165) is 6.42 Å². The molecule has 2 aromatic rings. The molecule has 0 atom stereocenters. The summed E-state index contributed by atoms with van der Waals surface area (Å²) in [7, 11) is 0. The first-order valence-electron chi connectivity index (χ1n) is 6.01. The smallest absolute Gasteiger partial charge is 0.321 e. The number of nitrogens with two attached hydrogens (primary N) is 1. The first kappa shape index (κ1) is 13.2. The second-order valence-corrected chi connectivity index (χ2v) is 4.06. The van der Waals surface area contributed by atoms with Crippen LogP contribution in [0.1, 0.15) is 18.9 Å². The van der Waals surface area contributed by atoms with Gasteiger partial charge in [0, 0.05) is 5.56 Å². The van der Waals surface area contributed by atoms with E-state index < -0.39 is 0 Å². The molecule has 0 saturated carbocycles. The topological polar surface area (TPSA) is 73.9 Å². The molecule has 5 nitrogen and oxygen atoms in total. The van der Waals surface area contributed by atoms with Gasteiger partial charge in [0.1, 0.15) is 5.82 Å². The highest BCUT2D eigenvalue weighted by molar-refractivity contribution is 5.61. The van der Waals surface area contributed by atoms with Crippen molar-refractivity contribution in [1.29, 1.82) is 0 Å². The van der Waals surface area contributed by atoms with Gasteiger partial charge in [-0.1, -0.05) is 19.1 Å². The first-order valence-corrected chi connectivity index (χ1v) is 6.01. The summed E-state index contributed by atoms with van der Waals surface area (Å²) in [5.74, 6) is 0.0582. The molecule has 1 heterocycles. The lowest BCUT2D eigenvalue weighted by atomic mass is 10.1. The van der Waals surface area contributed by atoms with Crippen LogP contribution in [0, 0.1) is 12.7 Å². The Labute approximate surface area is 110 Å². The van der Waals surface area contributed by atoms with Gasteiger partial charge in [-0.05, 0) is 25.0 Å². The predicted octanol–water partition coefficient (Wildman–Crippen LogP) is 2.36. The van der Waals surface area contributed by atoms with Crippen LogP contribution >= 0.6 is 0 Å². The van der Waals surface area contributed by atoms with E-state index in [0.29, 0.717) is 23.6 Å². The molecule has 100 valence electrons. The van der Waals surface area contributed by atoms with E-state index in [1.807, 2.05) is 6.92 Å². The Hall–Kier alpha value is -2.24. The molecule has 0 unspecified atom stereocenters. The fourth-order valence-corrected chi connectivity index (χ4v) is 1.60. The monoisotopic (exact) mass is 262 g/mol. The normalized spacial score (nSPS) is 10.5. The molecule has 2 N–H and O–H groups in total. The Balaban J connectivity index is 2.44. The van der Waals surface area contributed by atoms with Gasteiger partial charge in [-0.3, -0.25) is 0 Å². The molecule has 0 saturated heterocycles. The van der Waals surface area contributed by atoms with E-state index in [4.69, 9.17) is 10.5 Å². The van der Waals surface area contributed by atoms with Crippen molar-refractivity contribution in [3.63, 3.8) is 0 Å². The molecule has 1 aromatic carbocycles. The third kappa shape index (κ3) is 2.96. The van der Waals surface area contributed by atoms with Gasteiger partial charge in [0.2, 0.25) is 5.95 Å². The molecular formula is C13H15FN4O. The Morgan fingerprint density at radius 3 is 2.79 bits per heavy atom. The number of rotatable bonds is 4. The highest BCUT2D eigenvalue weighted by Crippen LogP contribution is 2.23. The molecule has 0 radical (unpaired) electrons. The van der Waals surface area contributed by atoms with Gasteiger partial charge in [0.05, 0.1) is 6.61 Å². The molecule has 0 aliphatic carbocycles. The summed E-state index contributed by atoms with van der Waals surface area (Å²) in [6.07, 6.45) is 0.833. The highest BCUT2D eigenvalue weighted by Gasteiger charge is 2.12. The molecule has 0 fully saturated rings. The van der Waals surface area contributed by atoms with Crippen LogP contribution in [-0.4, -0.2) is 21.6 Å². The fourth-order valence-electron chi connectivity index (χ4n) is 1.60. The number of hydrogen-bond acceptors (Lipinski definition) is 5. The summed E-state index contributed by atoms with van der Waals surface area (Å²) in [4.78, 5) is 12.1. The van der Waals surface area contributed by atoms with Gasteiger partial charge >= 0.3 is 6.01 Å². The Morgan fingerprint density at radius 1 is 1.26 bits per heavy atom. The van der Waals surface area contributed by atoms with Crippen LogP contribution in [0.2, 0.25) is 0 Å². The van der Waals surface area contributed by atoms with Gasteiger partial charge in [-0.2, -0.15) is 15.0 Å². The van der Waals surface area contributed by atoms with Gasteiger partial charge in [-0.25, -0.2) is 4.39 Å². The van der Waals surface area contributed by atoms with E-state index in [1.54, 1.807) is 19.1 Å². The zero-order chi connectivity index (χ0) is 13.8. The number of halogens is 1. The summed E-state index contributed by atoms with van der Waals surface area (Å²) in [6, 6.07) is 4.88. The van der Waals surface area contributed by atoms with Crippen molar-refractivity contribution in [2.24, 2.45) is 0 Å². The maximum absolute atomic E-state index is 13.5. The summed E-state index contributed by atoms with van der Waals surface area (Å²) in [5, 5.41) is 0. The molecule has 19 heavy (non-hydrogen) atoms. The van der Waals surface area contributed by atoms with Gasteiger partial charge in [0.15, 0.2) is 5.82 Å². The van der Waals surface area contributed by atoms with Crippen LogP contribution < -0.4 is 10.5 Å². The Kier molecular flexibility index (Phi) is 3.89. The number of nitrogens with zero attached hydrogens (tertiary/aromatic N) is 3. The lowest BCUT2D eigenvalue weighted by molar-refractivity contribution is 0.292. The Morgan fingerprint density at radius 2 is 2.05 bits per heavy atom. The molecule has 6 heteroatoms. The van der Waals surface area contributed by atoms with E-state index in [9.17, 15) is 4.39 Å². The average molecular weight is 262 g/mol. The molecule has 0 bridgehead atoms. The van der Waals surface area contributed by atoms with Crippen molar-refractivity contribution in [2.45, 2.75) is 20.3 Å². The van der Waals surface area contributed by atoms with Crippen molar-refractivity contribution >= 4 is 5.95 Å². The molecule has 0 aliphatic heterocycles. The van der Waals surface area contributed by atoms with Crippen LogP contribution in [0.5, 0.6) is 6.01 Å². The number of aromatic nitrogens is 3. The molecule has 0 aliphatic rings. The maximum Gasteiger partial charge on any atom is 0.321 e. The number of ether oxygens (including phenoxy) is 1. The zero-order valence-corrected chi connectivity index (χ0v) is 10.9. The van der Waals surface area contributed by atoms with Crippen LogP contribution in [0.3, 0.4) is 0 Å². The molecular weight excluding hydrogens is 247 g/mol. The standard InChI is InChI=1S/C13H15FN4O/c1-3-7-19-13-17-11(16-12(15)18-13)9-5-4-6-10(14)8(9)2/h4-6H,3,7H2,1-2H3,(H2,15,16,17,18). The third-order valence-electron chi connectivity index (χ3n) is 2.58. The van der Waals surface area contributed by atoms with Crippen molar-refractivity contribution < 1.29 is 9.13 Å². The largest absolute Gasteiger partial charge is 0.463 e. The first-order chi connectivity index (χ1) is 9.11. The SMILES string of the molecule is CCCOc1nc(N)nc(-c2cccc(F)c2C)n1. The quantitative estimate of drug-likeness (QED) is 0.915. The minimum atomic E-state index is -0.312. The number of benzene rings is 1. The van der Waals surface area contributed by atoms with Gasteiger partial charge in [-0.15, -0.1) is 0 Å². The predicted molar refractivity (Wildman–Crippen MR) is 70.2 cm³/mol. The van der Waals surface area contributed by atoms with E-state index >= 15 is 0 Å². The van der Waals surface area contributed by atoms with E-state index in [1.165, 1.54) is 6.07 Å². The molecule has 1 aromatic heterocycles. The van der Waals surface area contributed by atoms with Crippen molar-refractivity contribution in [2.75, 3.05) is 12.3 Å². The minimum Gasteiger partial charge on any atom is -0.463 e. The second-order valence-electron chi connectivity index (χ2n) is 4.06.